The molecule has 3 rings (SSSR count). The van der Waals surface area contributed by atoms with Gasteiger partial charge in [-0.1, -0.05) is 0 Å². The first-order valence-corrected chi connectivity index (χ1v) is 5.45. The Morgan fingerprint density at radius 3 is 2.88 bits per heavy atom. The Morgan fingerprint density at radius 1 is 1.31 bits per heavy atom. The van der Waals surface area contributed by atoms with Gasteiger partial charge in [-0.2, -0.15) is 0 Å². The predicted octanol–water partition coefficient (Wildman–Crippen LogP) is 0.530. The van der Waals surface area contributed by atoms with Gasteiger partial charge in [0.25, 0.3) is 0 Å². The van der Waals surface area contributed by atoms with Crippen LogP contribution in [0.4, 0.5) is 5.82 Å². The number of aromatic nitrogens is 4. The Bertz CT molecular complexity index is 519. The van der Waals surface area contributed by atoms with E-state index in [1.807, 2.05) is 0 Å². The molecule has 2 aromatic rings. The topological polar surface area (TPSA) is 106 Å². The lowest BCUT2D eigenvalue weighted by Crippen LogP contribution is -2.14. The average molecular weight is 218 g/mol. The van der Waals surface area contributed by atoms with Gasteiger partial charge in [-0.25, -0.2) is 15.0 Å². The van der Waals surface area contributed by atoms with Crippen molar-refractivity contribution in [2.24, 2.45) is 5.73 Å². The van der Waals surface area contributed by atoms with E-state index in [1.54, 1.807) is 0 Å². The summed E-state index contributed by atoms with van der Waals surface area (Å²) >= 11 is 0. The van der Waals surface area contributed by atoms with Crippen molar-refractivity contribution in [3.05, 3.63) is 12.2 Å². The molecular formula is C10H14N6. The van der Waals surface area contributed by atoms with Crippen LogP contribution in [0.15, 0.2) is 6.33 Å². The number of H-pyrrole nitrogens is 1. The molecule has 1 aliphatic carbocycles. The Morgan fingerprint density at radius 2 is 2.19 bits per heavy atom. The molecule has 0 spiro atoms. The van der Waals surface area contributed by atoms with Gasteiger partial charge in [0, 0.05) is 12.0 Å². The number of anilines is 1. The lowest BCUT2D eigenvalue weighted by atomic mass is 10.1. The molecule has 0 aromatic carbocycles. The third kappa shape index (κ3) is 1.42. The van der Waals surface area contributed by atoms with E-state index >= 15 is 0 Å². The van der Waals surface area contributed by atoms with Gasteiger partial charge in [-0.05, 0) is 19.3 Å². The molecule has 0 radical (unpaired) electrons. The SMILES string of the molecule is Nc1ncnc2nc(C3CCC(N)C3)[nH]c12. The van der Waals surface area contributed by atoms with Crippen LogP contribution < -0.4 is 11.5 Å². The van der Waals surface area contributed by atoms with Crippen LogP contribution in [0.3, 0.4) is 0 Å². The van der Waals surface area contributed by atoms with Gasteiger partial charge in [0.1, 0.15) is 17.7 Å². The van der Waals surface area contributed by atoms with Crippen LogP contribution in [0.2, 0.25) is 0 Å². The predicted molar refractivity (Wildman–Crippen MR) is 60.7 cm³/mol. The third-order valence-electron chi connectivity index (χ3n) is 3.20. The lowest BCUT2D eigenvalue weighted by Gasteiger charge is -2.04. The first-order chi connectivity index (χ1) is 7.74. The Hall–Kier alpha value is -1.69. The molecule has 1 aliphatic rings. The van der Waals surface area contributed by atoms with Crippen molar-refractivity contribution in [1.29, 1.82) is 0 Å². The second kappa shape index (κ2) is 3.41. The van der Waals surface area contributed by atoms with Crippen LogP contribution in [0.5, 0.6) is 0 Å². The lowest BCUT2D eigenvalue weighted by molar-refractivity contribution is 0.651. The van der Waals surface area contributed by atoms with Crippen molar-refractivity contribution in [2.75, 3.05) is 5.73 Å². The zero-order chi connectivity index (χ0) is 11.1. The zero-order valence-electron chi connectivity index (χ0n) is 8.85. The second-order valence-corrected chi connectivity index (χ2v) is 4.35. The molecule has 0 aliphatic heterocycles. The number of nitrogens with one attached hydrogen (secondary N) is 1. The molecule has 16 heavy (non-hydrogen) atoms. The summed E-state index contributed by atoms with van der Waals surface area (Å²) in [6.45, 7) is 0. The monoisotopic (exact) mass is 218 g/mol. The van der Waals surface area contributed by atoms with Gasteiger partial charge >= 0.3 is 0 Å². The number of hydrogen-bond acceptors (Lipinski definition) is 5. The Labute approximate surface area is 92.5 Å². The maximum atomic E-state index is 5.89. The number of nitrogens with two attached hydrogens (primary N) is 2. The van der Waals surface area contributed by atoms with Crippen molar-refractivity contribution in [1.82, 2.24) is 19.9 Å². The maximum Gasteiger partial charge on any atom is 0.183 e. The second-order valence-electron chi connectivity index (χ2n) is 4.35. The summed E-state index contributed by atoms with van der Waals surface area (Å²) in [6, 6.07) is 0.293. The third-order valence-corrected chi connectivity index (χ3v) is 3.20. The number of hydrogen-bond donors (Lipinski definition) is 3. The minimum Gasteiger partial charge on any atom is -0.382 e. The number of nitrogen functional groups attached to an aromatic ring is 1. The van der Waals surface area contributed by atoms with Crippen molar-refractivity contribution >= 4 is 17.0 Å². The molecule has 1 saturated carbocycles. The van der Waals surface area contributed by atoms with E-state index in [-0.39, 0.29) is 0 Å². The van der Waals surface area contributed by atoms with Gasteiger partial charge in [-0.15, -0.1) is 0 Å². The summed E-state index contributed by atoms with van der Waals surface area (Å²) < 4.78 is 0. The van der Waals surface area contributed by atoms with Crippen molar-refractivity contribution in [3.8, 4) is 0 Å². The molecule has 0 saturated heterocycles. The van der Waals surface area contributed by atoms with E-state index in [0.29, 0.717) is 23.4 Å². The van der Waals surface area contributed by atoms with Crippen LogP contribution in [0.1, 0.15) is 31.0 Å². The van der Waals surface area contributed by atoms with E-state index in [9.17, 15) is 0 Å². The van der Waals surface area contributed by atoms with E-state index in [0.717, 1.165) is 30.6 Å². The largest absolute Gasteiger partial charge is 0.382 e. The van der Waals surface area contributed by atoms with E-state index < -0.39 is 0 Å². The quantitative estimate of drug-likeness (QED) is 0.647. The summed E-state index contributed by atoms with van der Waals surface area (Å²) in [5.41, 5.74) is 13.0. The molecule has 84 valence electrons. The normalized spacial score (nSPS) is 25.3. The van der Waals surface area contributed by atoms with E-state index in [1.165, 1.54) is 6.33 Å². The molecule has 5 N–H and O–H groups in total. The standard InChI is InChI=1S/C10H14N6/c11-6-2-1-5(3-6)9-15-7-8(12)13-4-14-10(7)16-9/h4-6H,1-3,11H2,(H3,12,13,14,15,16). The maximum absolute atomic E-state index is 5.89. The van der Waals surface area contributed by atoms with Gasteiger partial charge in [-0.3, -0.25) is 0 Å². The summed E-state index contributed by atoms with van der Waals surface area (Å²) in [5.74, 6) is 1.80. The highest BCUT2D eigenvalue weighted by molar-refractivity contribution is 5.81. The van der Waals surface area contributed by atoms with Crippen LogP contribution in [-0.4, -0.2) is 26.0 Å². The summed E-state index contributed by atoms with van der Waals surface area (Å²) in [5, 5.41) is 0. The molecule has 6 nitrogen and oxygen atoms in total. The highest BCUT2D eigenvalue weighted by Gasteiger charge is 2.26. The number of aromatic amines is 1. The number of nitrogens with zero attached hydrogens (tertiary/aromatic N) is 3. The number of imidazole rings is 1. The highest BCUT2D eigenvalue weighted by Crippen LogP contribution is 2.32. The zero-order valence-corrected chi connectivity index (χ0v) is 8.85. The van der Waals surface area contributed by atoms with Crippen LogP contribution in [0.25, 0.3) is 11.2 Å². The van der Waals surface area contributed by atoms with E-state index in [4.69, 9.17) is 11.5 Å². The average Bonchev–Trinajstić information content (AvgIpc) is 2.84. The highest BCUT2D eigenvalue weighted by atomic mass is 15.1. The first-order valence-electron chi connectivity index (χ1n) is 5.45. The molecule has 2 heterocycles. The molecule has 2 unspecified atom stereocenters. The minimum absolute atomic E-state index is 0.293. The smallest absolute Gasteiger partial charge is 0.183 e. The molecule has 2 aromatic heterocycles. The van der Waals surface area contributed by atoms with Crippen molar-refractivity contribution in [3.63, 3.8) is 0 Å². The summed E-state index contributed by atoms with van der Waals surface area (Å²) in [6.07, 6.45) is 4.55. The van der Waals surface area contributed by atoms with E-state index in [2.05, 4.69) is 19.9 Å². The van der Waals surface area contributed by atoms with Crippen LogP contribution in [-0.2, 0) is 0 Å². The molecule has 6 heteroatoms. The molecule has 0 bridgehead atoms. The van der Waals surface area contributed by atoms with Crippen molar-refractivity contribution < 1.29 is 0 Å². The number of rotatable bonds is 1. The van der Waals surface area contributed by atoms with Gasteiger partial charge in [0.05, 0.1) is 0 Å². The minimum atomic E-state index is 0.293. The van der Waals surface area contributed by atoms with Gasteiger partial charge in [0.2, 0.25) is 0 Å². The number of fused-ring (bicyclic) bond motifs is 1. The van der Waals surface area contributed by atoms with Crippen LogP contribution in [0, 0.1) is 0 Å². The molecule has 0 amide bonds. The summed E-state index contributed by atoms with van der Waals surface area (Å²) in [7, 11) is 0. The Balaban J connectivity index is 2.02. The van der Waals surface area contributed by atoms with Gasteiger partial charge in [0.15, 0.2) is 11.5 Å². The first kappa shape index (κ1) is 9.53. The van der Waals surface area contributed by atoms with Crippen molar-refractivity contribution in [2.45, 2.75) is 31.2 Å². The molecule has 2 atom stereocenters. The molecular weight excluding hydrogens is 204 g/mol. The Kier molecular flexibility index (Phi) is 2.03. The fourth-order valence-electron chi connectivity index (χ4n) is 2.32. The fourth-order valence-corrected chi connectivity index (χ4v) is 2.32. The van der Waals surface area contributed by atoms with Gasteiger partial charge < -0.3 is 16.5 Å². The fraction of sp³-hybridized carbons (Fsp3) is 0.500. The molecule has 1 fully saturated rings. The summed E-state index contributed by atoms with van der Waals surface area (Å²) in [4.78, 5) is 15.7. The van der Waals surface area contributed by atoms with Crippen LogP contribution >= 0.6 is 0 Å².